The van der Waals surface area contributed by atoms with Crippen LogP contribution >= 0.6 is 0 Å². The van der Waals surface area contributed by atoms with E-state index in [4.69, 9.17) is 6.92 Å². The van der Waals surface area contributed by atoms with Crippen molar-refractivity contribution in [1.82, 2.24) is 5.32 Å². The minimum Gasteiger partial charge on any atom is -0.317 e. The molecule has 1 rings (SSSR count). The highest BCUT2D eigenvalue weighted by Gasteiger charge is 2.05. The summed E-state index contributed by atoms with van der Waals surface area (Å²) in [6.07, 6.45) is 2.31. The van der Waals surface area contributed by atoms with Crippen molar-refractivity contribution in [1.29, 1.82) is 0 Å². The highest BCUT2D eigenvalue weighted by atomic mass is 14.9. The smallest absolute Gasteiger partial charge is 0.00462 e. The topological polar surface area (TPSA) is 12.0 Å². The van der Waals surface area contributed by atoms with Crippen LogP contribution in [0.3, 0.4) is 0 Å². The number of piperidine rings is 1. The van der Waals surface area contributed by atoms with Gasteiger partial charge >= 0.3 is 0 Å². The average molecular weight is 97.2 g/mol. The van der Waals surface area contributed by atoms with Crippen molar-refractivity contribution in [3.05, 3.63) is 6.92 Å². The number of rotatable bonds is 0. The van der Waals surface area contributed by atoms with E-state index in [-0.39, 0.29) is 0 Å². The zero-order chi connectivity index (χ0) is 5.11. The van der Waals surface area contributed by atoms with Crippen molar-refractivity contribution < 1.29 is 0 Å². The summed E-state index contributed by atoms with van der Waals surface area (Å²) < 4.78 is 0. The molecule has 2 radical (unpaired) electrons. The summed E-state index contributed by atoms with van der Waals surface area (Å²) in [5.74, 6) is 0.473. The molecule has 1 saturated heterocycles. The molecule has 1 N–H and O–H groups in total. The number of hydrogen-bond donors (Lipinski definition) is 1. The SMILES string of the molecule is [CH]C1CCNCC1. The Hall–Kier alpha value is -0.0400. The lowest BCUT2D eigenvalue weighted by atomic mass is 10.0. The Labute approximate surface area is 45.1 Å². The van der Waals surface area contributed by atoms with Gasteiger partial charge in [0, 0.05) is 0 Å². The lowest BCUT2D eigenvalue weighted by molar-refractivity contribution is 0.434. The summed E-state index contributed by atoms with van der Waals surface area (Å²) in [4.78, 5) is 0. The van der Waals surface area contributed by atoms with Gasteiger partial charge in [-0.3, -0.25) is 0 Å². The van der Waals surface area contributed by atoms with E-state index in [1.54, 1.807) is 0 Å². The average Bonchev–Trinajstić information content (AvgIpc) is 1.69. The Morgan fingerprint density at radius 3 is 2.14 bits per heavy atom. The van der Waals surface area contributed by atoms with Gasteiger partial charge in [-0.25, -0.2) is 0 Å². The van der Waals surface area contributed by atoms with Crippen LogP contribution in [-0.2, 0) is 0 Å². The predicted molar refractivity (Wildman–Crippen MR) is 29.9 cm³/mol. The molecule has 1 aliphatic rings. The van der Waals surface area contributed by atoms with Gasteiger partial charge in [-0.1, -0.05) is 0 Å². The molecule has 0 saturated carbocycles. The van der Waals surface area contributed by atoms with Crippen LogP contribution in [0.25, 0.3) is 0 Å². The third kappa shape index (κ3) is 1.48. The fourth-order valence-corrected chi connectivity index (χ4v) is 0.844. The molecule has 0 amide bonds. The van der Waals surface area contributed by atoms with E-state index in [9.17, 15) is 0 Å². The normalized spacial score (nSPS) is 25.3. The Morgan fingerprint density at radius 1 is 1.29 bits per heavy atom. The first-order chi connectivity index (χ1) is 3.39. The van der Waals surface area contributed by atoms with Crippen LogP contribution in [0, 0.1) is 12.8 Å². The molecule has 1 heteroatoms. The zero-order valence-electron chi connectivity index (χ0n) is 4.48. The zero-order valence-corrected chi connectivity index (χ0v) is 4.48. The largest absolute Gasteiger partial charge is 0.317 e. The van der Waals surface area contributed by atoms with Gasteiger partial charge < -0.3 is 5.32 Å². The molecule has 1 fully saturated rings. The first kappa shape index (κ1) is 5.10. The van der Waals surface area contributed by atoms with Gasteiger partial charge in [0.15, 0.2) is 0 Å². The molecule has 0 aliphatic carbocycles. The Bertz CT molecular complexity index is 46.1. The molecule has 0 aromatic rings. The van der Waals surface area contributed by atoms with E-state index < -0.39 is 0 Å². The summed E-state index contributed by atoms with van der Waals surface area (Å²) in [5.41, 5.74) is 0. The van der Waals surface area contributed by atoms with Crippen molar-refractivity contribution in [3.8, 4) is 0 Å². The maximum Gasteiger partial charge on any atom is -0.00462 e. The summed E-state index contributed by atoms with van der Waals surface area (Å²) in [5, 5.41) is 3.24. The monoisotopic (exact) mass is 97.1 g/mol. The summed E-state index contributed by atoms with van der Waals surface area (Å²) in [7, 11) is 0. The van der Waals surface area contributed by atoms with Crippen LogP contribution in [0.1, 0.15) is 12.8 Å². The predicted octanol–water partition coefficient (Wildman–Crippen LogP) is 0.697. The van der Waals surface area contributed by atoms with E-state index >= 15 is 0 Å². The first-order valence-corrected chi connectivity index (χ1v) is 2.86. The van der Waals surface area contributed by atoms with Gasteiger partial charge in [0.05, 0.1) is 0 Å². The van der Waals surface area contributed by atoms with Crippen molar-refractivity contribution in [2.24, 2.45) is 5.92 Å². The minimum absolute atomic E-state index is 0.473. The number of nitrogens with one attached hydrogen (secondary N) is 1. The maximum atomic E-state index is 5.59. The van der Waals surface area contributed by atoms with E-state index in [2.05, 4.69) is 5.32 Å². The van der Waals surface area contributed by atoms with Crippen molar-refractivity contribution >= 4 is 0 Å². The quantitative estimate of drug-likeness (QED) is 0.469. The second kappa shape index (κ2) is 2.31. The van der Waals surface area contributed by atoms with Gasteiger partial charge in [0.2, 0.25) is 0 Å². The number of hydrogen-bond acceptors (Lipinski definition) is 1. The van der Waals surface area contributed by atoms with Crippen LogP contribution < -0.4 is 5.32 Å². The molecule has 1 aliphatic heterocycles. The van der Waals surface area contributed by atoms with Gasteiger partial charge in [-0.15, -0.1) is 0 Å². The van der Waals surface area contributed by atoms with Crippen LogP contribution in [0.4, 0.5) is 0 Å². The summed E-state index contributed by atoms with van der Waals surface area (Å²) in [6.45, 7) is 7.82. The molecule has 0 spiro atoms. The first-order valence-electron chi connectivity index (χ1n) is 2.86. The summed E-state index contributed by atoms with van der Waals surface area (Å²) >= 11 is 0. The van der Waals surface area contributed by atoms with Crippen molar-refractivity contribution in [2.75, 3.05) is 13.1 Å². The Balaban J connectivity index is 2.12. The standard InChI is InChI=1S/C6H11N/c1-6-2-4-7-5-3-6/h1,6-7H,2-5H2. The molecular weight excluding hydrogens is 86.1 g/mol. The molecule has 0 aromatic heterocycles. The van der Waals surface area contributed by atoms with Crippen LogP contribution in [0.5, 0.6) is 0 Å². The lowest BCUT2D eigenvalue weighted by Crippen LogP contribution is -2.26. The van der Waals surface area contributed by atoms with E-state index in [0.29, 0.717) is 5.92 Å². The van der Waals surface area contributed by atoms with Gasteiger partial charge in [-0.2, -0.15) is 0 Å². The van der Waals surface area contributed by atoms with Crippen LogP contribution in [0.2, 0.25) is 0 Å². The molecule has 1 nitrogen and oxygen atoms in total. The van der Waals surface area contributed by atoms with E-state index in [1.807, 2.05) is 0 Å². The minimum atomic E-state index is 0.473. The molecule has 0 unspecified atom stereocenters. The molecule has 1 heterocycles. The maximum absolute atomic E-state index is 5.59. The Kier molecular flexibility index (Phi) is 1.69. The fraction of sp³-hybridized carbons (Fsp3) is 0.833. The van der Waals surface area contributed by atoms with E-state index in [0.717, 1.165) is 25.9 Å². The van der Waals surface area contributed by atoms with Crippen LogP contribution in [-0.4, -0.2) is 13.1 Å². The molecule has 0 atom stereocenters. The second-order valence-corrected chi connectivity index (χ2v) is 2.09. The fourth-order valence-electron chi connectivity index (χ4n) is 0.844. The molecular formula is C6H11N. The van der Waals surface area contributed by atoms with Crippen molar-refractivity contribution in [3.63, 3.8) is 0 Å². The molecule has 0 bridgehead atoms. The van der Waals surface area contributed by atoms with Gasteiger partial charge in [-0.05, 0) is 38.8 Å². The highest BCUT2D eigenvalue weighted by Crippen LogP contribution is 2.07. The second-order valence-electron chi connectivity index (χ2n) is 2.09. The Morgan fingerprint density at radius 2 is 1.86 bits per heavy atom. The molecule has 0 aromatic carbocycles. The third-order valence-corrected chi connectivity index (χ3v) is 1.38. The third-order valence-electron chi connectivity index (χ3n) is 1.38. The van der Waals surface area contributed by atoms with Crippen LogP contribution in [0.15, 0.2) is 0 Å². The van der Waals surface area contributed by atoms with Gasteiger partial charge in [0.25, 0.3) is 0 Å². The lowest BCUT2D eigenvalue weighted by Gasteiger charge is -2.17. The van der Waals surface area contributed by atoms with Gasteiger partial charge in [0.1, 0.15) is 0 Å². The highest BCUT2D eigenvalue weighted by molar-refractivity contribution is 4.68. The van der Waals surface area contributed by atoms with Crippen molar-refractivity contribution in [2.45, 2.75) is 12.8 Å². The molecule has 40 valence electrons. The van der Waals surface area contributed by atoms with E-state index in [1.165, 1.54) is 0 Å². The summed E-state index contributed by atoms with van der Waals surface area (Å²) in [6, 6.07) is 0. The molecule has 7 heavy (non-hydrogen) atoms.